The van der Waals surface area contributed by atoms with Crippen LogP contribution in [-0.4, -0.2) is 16.1 Å². The molecule has 1 aliphatic carbocycles. The lowest BCUT2D eigenvalue weighted by atomic mass is 10.0. The molecule has 1 aliphatic rings. The standard InChI is InChI=1S/C15H25N3O/c1-10(2)18-8-7-16-12(13(18)19)17-9-11-14(3,4)15(11,5)6/h7-8,10-11H,9H2,1-6H3,(H,16,17). The fraction of sp³-hybridized carbons (Fsp3) is 0.733. The maximum atomic E-state index is 12.2. The van der Waals surface area contributed by atoms with E-state index < -0.39 is 0 Å². The molecule has 0 aliphatic heterocycles. The molecule has 1 aromatic heterocycles. The molecular formula is C15H25N3O. The van der Waals surface area contributed by atoms with Gasteiger partial charge in [0.2, 0.25) is 0 Å². The molecule has 4 nitrogen and oxygen atoms in total. The van der Waals surface area contributed by atoms with E-state index in [1.807, 2.05) is 13.8 Å². The van der Waals surface area contributed by atoms with Gasteiger partial charge >= 0.3 is 0 Å². The smallest absolute Gasteiger partial charge is 0.293 e. The zero-order chi connectivity index (χ0) is 14.4. The van der Waals surface area contributed by atoms with Crippen LogP contribution in [0.4, 0.5) is 5.82 Å². The average molecular weight is 263 g/mol. The number of rotatable bonds is 4. The number of hydrogen-bond donors (Lipinski definition) is 1. The van der Waals surface area contributed by atoms with Gasteiger partial charge in [0.25, 0.3) is 5.56 Å². The van der Waals surface area contributed by atoms with E-state index in [2.05, 4.69) is 38.0 Å². The summed E-state index contributed by atoms with van der Waals surface area (Å²) in [7, 11) is 0. The van der Waals surface area contributed by atoms with Crippen LogP contribution in [0.2, 0.25) is 0 Å². The van der Waals surface area contributed by atoms with Gasteiger partial charge in [-0.1, -0.05) is 27.7 Å². The van der Waals surface area contributed by atoms with Crippen molar-refractivity contribution in [2.75, 3.05) is 11.9 Å². The van der Waals surface area contributed by atoms with Gasteiger partial charge in [-0.2, -0.15) is 0 Å². The zero-order valence-corrected chi connectivity index (χ0v) is 12.8. The van der Waals surface area contributed by atoms with Crippen molar-refractivity contribution >= 4 is 5.82 Å². The Hall–Kier alpha value is -1.32. The summed E-state index contributed by atoms with van der Waals surface area (Å²) in [6.45, 7) is 13.9. The van der Waals surface area contributed by atoms with Crippen LogP contribution in [-0.2, 0) is 0 Å². The Morgan fingerprint density at radius 3 is 2.37 bits per heavy atom. The van der Waals surface area contributed by atoms with Crippen molar-refractivity contribution in [1.82, 2.24) is 9.55 Å². The predicted octanol–water partition coefficient (Wildman–Crippen LogP) is 2.92. The second-order valence-electron chi connectivity index (χ2n) is 6.96. The van der Waals surface area contributed by atoms with Crippen molar-refractivity contribution in [2.45, 2.75) is 47.6 Å². The van der Waals surface area contributed by atoms with E-state index in [1.165, 1.54) is 0 Å². The van der Waals surface area contributed by atoms with E-state index in [0.717, 1.165) is 6.54 Å². The Morgan fingerprint density at radius 1 is 1.32 bits per heavy atom. The van der Waals surface area contributed by atoms with Crippen LogP contribution in [0, 0.1) is 16.7 Å². The lowest BCUT2D eigenvalue weighted by Gasteiger charge is -2.12. The minimum atomic E-state index is -0.0336. The average Bonchev–Trinajstić information content (AvgIpc) is 2.68. The van der Waals surface area contributed by atoms with E-state index in [9.17, 15) is 4.79 Å². The van der Waals surface area contributed by atoms with Gasteiger partial charge in [-0.3, -0.25) is 4.79 Å². The molecule has 0 amide bonds. The van der Waals surface area contributed by atoms with Gasteiger partial charge in [0.1, 0.15) is 0 Å². The van der Waals surface area contributed by atoms with Crippen LogP contribution in [0.1, 0.15) is 47.6 Å². The van der Waals surface area contributed by atoms with Crippen LogP contribution in [0.25, 0.3) is 0 Å². The molecule has 1 heterocycles. The summed E-state index contributed by atoms with van der Waals surface area (Å²) >= 11 is 0. The van der Waals surface area contributed by atoms with Gasteiger partial charge in [0, 0.05) is 25.0 Å². The number of hydrogen-bond acceptors (Lipinski definition) is 3. The highest BCUT2D eigenvalue weighted by Crippen LogP contribution is 2.68. The van der Waals surface area contributed by atoms with Crippen molar-refractivity contribution in [2.24, 2.45) is 16.7 Å². The van der Waals surface area contributed by atoms with Gasteiger partial charge in [-0.25, -0.2) is 4.98 Å². The van der Waals surface area contributed by atoms with Crippen LogP contribution in [0.3, 0.4) is 0 Å². The van der Waals surface area contributed by atoms with Crippen LogP contribution in [0.5, 0.6) is 0 Å². The SMILES string of the molecule is CC(C)n1ccnc(NCC2C(C)(C)C2(C)C)c1=O. The number of anilines is 1. The predicted molar refractivity (Wildman–Crippen MR) is 78.4 cm³/mol. The minimum Gasteiger partial charge on any atom is -0.365 e. The van der Waals surface area contributed by atoms with Gasteiger partial charge in [-0.15, -0.1) is 0 Å². The van der Waals surface area contributed by atoms with Crippen molar-refractivity contribution in [3.63, 3.8) is 0 Å². The third-order valence-corrected chi connectivity index (χ3v) is 5.22. The topological polar surface area (TPSA) is 46.9 Å². The maximum Gasteiger partial charge on any atom is 0.293 e. The van der Waals surface area contributed by atoms with E-state index in [0.29, 0.717) is 22.6 Å². The molecule has 106 valence electrons. The van der Waals surface area contributed by atoms with Gasteiger partial charge in [0.05, 0.1) is 0 Å². The molecule has 19 heavy (non-hydrogen) atoms. The van der Waals surface area contributed by atoms with Crippen molar-refractivity contribution in [1.29, 1.82) is 0 Å². The molecule has 2 rings (SSSR count). The summed E-state index contributed by atoms with van der Waals surface area (Å²) in [4.78, 5) is 16.4. The fourth-order valence-electron chi connectivity index (χ4n) is 3.00. The van der Waals surface area contributed by atoms with Gasteiger partial charge in [0.15, 0.2) is 5.82 Å². The van der Waals surface area contributed by atoms with Crippen molar-refractivity contribution in [3.8, 4) is 0 Å². The maximum absolute atomic E-state index is 12.2. The molecule has 4 heteroatoms. The summed E-state index contributed by atoms with van der Waals surface area (Å²) < 4.78 is 1.71. The Balaban J connectivity index is 2.10. The largest absolute Gasteiger partial charge is 0.365 e. The summed E-state index contributed by atoms with van der Waals surface area (Å²) in [5, 5.41) is 3.24. The molecule has 1 fully saturated rings. The van der Waals surface area contributed by atoms with Crippen LogP contribution < -0.4 is 10.9 Å². The number of aromatic nitrogens is 2. The first-order valence-corrected chi connectivity index (χ1v) is 7.00. The molecule has 1 N–H and O–H groups in total. The number of nitrogens with one attached hydrogen (secondary N) is 1. The molecular weight excluding hydrogens is 238 g/mol. The normalized spacial score (nSPS) is 20.6. The molecule has 0 saturated heterocycles. The fourth-order valence-corrected chi connectivity index (χ4v) is 3.00. The Labute approximate surface area is 115 Å². The molecule has 0 bridgehead atoms. The summed E-state index contributed by atoms with van der Waals surface area (Å²) in [5.74, 6) is 1.05. The second-order valence-corrected chi connectivity index (χ2v) is 6.96. The number of nitrogens with zero attached hydrogens (tertiary/aromatic N) is 2. The molecule has 0 spiro atoms. The first kappa shape index (κ1) is 14.1. The second kappa shape index (κ2) is 4.36. The van der Waals surface area contributed by atoms with Gasteiger partial charge in [-0.05, 0) is 30.6 Å². The molecule has 0 atom stereocenters. The van der Waals surface area contributed by atoms with Crippen LogP contribution >= 0.6 is 0 Å². The highest BCUT2D eigenvalue weighted by atomic mass is 16.1. The summed E-state index contributed by atoms with van der Waals surface area (Å²) in [5.41, 5.74) is 0.617. The molecule has 0 aromatic carbocycles. The van der Waals surface area contributed by atoms with E-state index in [4.69, 9.17) is 0 Å². The Kier molecular flexibility index (Phi) is 3.23. The zero-order valence-electron chi connectivity index (χ0n) is 12.8. The quantitative estimate of drug-likeness (QED) is 0.908. The summed E-state index contributed by atoms with van der Waals surface area (Å²) in [6.07, 6.45) is 3.43. The van der Waals surface area contributed by atoms with Crippen LogP contribution in [0.15, 0.2) is 17.2 Å². The first-order valence-electron chi connectivity index (χ1n) is 7.00. The van der Waals surface area contributed by atoms with E-state index in [1.54, 1.807) is 17.0 Å². The highest BCUT2D eigenvalue weighted by molar-refractivity contribution is 5.32. The highest BCUT2D eigenvalue weighted by Gasteiger charge is 2.64. The van der Waals surface area contributed by atoms with E-state index in [-0.39, 0.29) is 11.6 Å². The monoisotopic (exact) mass is 263 g/mol. The van der Waals surface area contributed by atoms with Gasteiger partial charge < -0.3 is 9.88 Å². The van der Waals surface area contributed by atoms with E-state index >= 15 is 0 Å². The third kappa shape index (κ3) is 2.17. The summed E-state index contributed by atoms with van der Waals surface area (Å²) in [6, 6.07) is 0.157. The Morgan fingerprint density at radius 2 is 1.89 bits per heavy atom. The molecule has 1 aromatic rings. The Bertz CT molecular complexity index is 514. The lowest BCUT2D eigenvalue weighted by molar-refractivity contribution is 0.457. The third-order valence-electron chi connectivity index (χ3n) is 5.22. The van der Waals surface area contributed by atoms with Crippen molar-refractivity contribution in [3.05, 3.63) is 22.7 Å². The minimum absolute atomic E-state index is 0.0336. The first-order chi connectivity index (χ1) is 8.69. The molecule has 0 radical (unpaired) electrons. The lowest BCUT2D eigenvalue weighted by Crippen LogP contribution is -2.26. The molecule has 0 unspecified atom stereocenters. The molecule has 1 saturated carbocycles. The van der Waals surface area contributed by atoms with Crippen molar-refractivity contribution < 1.29 is 0 Å².